The minimum atomic E-state index is -0.0828. The molecule has 5 rings (SSSR count). The third-order valence-corrected chi connectivity index (χ3v) is 5.21. The number of benzene rings is 2. The lowest BCUT2D eigenvalue weighted by Gasteiger charge is -2.47. The predicted molar refractivity (Wildman–Crippen MR) is 96.0 cm³/mol. The second-order valence-electron chi connectivity index (χ2n) is 6.69. The molecule has 2 amide bonds. The van der Waals surface area contributed by atoms with E-state index in [9.17, 15) is 4.79 Å². The average molecular weight is 324 g/mol. The quantitative estimate of drug-likeness (QED) is 0.899. The Kier molecular flexibility index (Phi) is 4.36. The molecule has 3 heterocycles. The van der Waals surface area contributed by atoms with E-state index in [-0.39, 0.29) is 6.03 Å². The van der Waals surface area contributed by atoms with E-state index in [1.54, 1.807) is 0 Å². The Morgan fingerprint density at radius 3 is 2.58 bits per heavy atom. The van der Waals surface area contributed by atoms with Crippen molar-refractivity contribution < 1.29 is 4.79 Å². The second-order valence-corrected chi connectivity index (χ2v) is 6.69. The molecule has 1 unspecified atom stereocenters. The topological polar surface area (TPSA) is 47.6 Å². The highest BCUT2D eigenvalue weighted by molar-refractivity contribution is 5.86. The average Bonchev–Trinajstić information content (AvgIpc) is 2.65. The first-order valence-corrected chi connectivity index (χ1v) is 8.74. The van der Waals surface area contributed by atoms with Gasteiger partial charge in [0.1, 0.15) is 0 Å². The standard InChI is InChI=1S/C19H24N4O/c24-19(21-13-17-14-22-8-10-23(17)11-9-22)20-12-16-6-3-5-15-4-1-2-7-18(15)16/h1-7,17H,8-14H2,(H2,20,21,24). The van der Waals surface area contributed by atoms with Crippen LogP contribution in [0.3, 0.4) is 0 Å². The number of amides is 2. The van der Waals surface area contributed by atoms with Gasteiger partial charge in [-0.2, -0.15) is 0 Å². The van der Waals surface area contributed by atoms with Crippen LogP contribution >= 0.6 is 0 Å². The maximum absolute atomic E-state index is 12.1. The Bertz CT molecular complexity index is 719. The van der Waals surface area contributed by atoms with E-state index < -0.39 is 0 Å². The van der Waals surface area contributed by atoms with E-state index in [2.05, 4.69) is 44.7 Å². The number of rotatable bonds is 4. The molecular weight excluding hydrogens is 300 g/mol. The summed E-state index contributed by atoms with van der Waals surface area (Å²) in [6, 6.07) is 14.9. The minimum Gasteiger partial charge on any atom is -0.337 e. The minimum absolute atomic E-state index is 0.0828. The number of hydrogen-bond acceptors (Lipinski definition) is 3. The van der Waals surface area contributed by atoms with Crippen LogP contribution in [0.4, 0.5) is 4.79 Å². The van der Waals surface area contributed by atoms with Crippen molar-refractivity contribution in [2.24, 2.45) is 0 Å². The summed E-state index contributed by atoms with van der Waals surface area (Å²) in [7, 11) is 0. The van der Waals surface area contributed by atoms with Crippen LogP contribution in [-0.2, 0) is 6.54 Å². The van der Waals surface area contributed by atoms with Gasteiger partial charge in [-0.15, -0.1) is 0 Å². The van der Waals surface area contributed by atoms with Crippen molar-refractivity contribution in [3.63, 3.8) is 0 Å². The molecule has 2 bridgehead atoms. The molecule has 2 aromatic rings. The molecule has 3 aliphatic rings. The first-order chi connectivity index (χ1) is 11.8. The van der Waals surface area contributed by atoms with Gasteiger partial charge in [-0.25, -0.2) is 4.79 Å². The third-order valence-electron chi connectivity index (χ3n) is 5.21. The van der Waals surface area contributed by atoms with E-state index in [0.717, 1.165) is 31.7 Å². The van der Waals surface area contributed by atoms with Crippen LogP contribution in [0.15, 0.2) is 42.5 Å². The smallest absolute Gasteiger partial charge is 0.315 e. The Morgan fingerprint density at radius 2 is 1.79 bits per heavy atom. The number of hydrogen-bond donors (Lipinski definition) is 2. The Hall–Kier alpha value is -2.11. The van der Waals surface area contributed by atoms with Gasteiger partial charge in [0.15, 0.2) is 0 Å². The van der Waals surface area contributed by atoms with Gasteiger partial charge in [0.25, 0.3) is 0 Å². The molecule has 5 heteroatoms. The highest BCUT2D eigenvalue weighted by Gasteiger charge is 2.31. The molecule has 5 nitrogen and oxygen atoms in total. The molecule has 0 saturated carbocycles. The van der Waals surface area contributed by atoms with E-state index >= 15 is 0 Å². The number of carbonyl (C=O) groups excluding carboxylic acids is 1. The number of carbonyl (C=O) groups is 1. The van der Waals surface area contributed by atoms with Crippen molar-refractivity contribution in [3.05, 3.63) is 48.0 Å². The van der Waals surface area contributed by atoms with Gasteiger partial charge in [-0.3, -0.25) is 9.80 Å². The van der Waals surface area contributed by atoms with Gasteiger partial charge < -0.3 is 10.6 Å². The van der Waals surface area contributed by atoms with Crippen LogP contribution in [-0.4, -0.2) is 61.1 Å². The summed E-state index contributed by atoms with van der Waals surface area (Å²) in [6.45, 7) is 6.94. The molecule has 0 radical (unpaired) electrons. The monoisotopic (exact) mass is 324 g/mol. The maximum Gasteiger partial charge on any atom is 0.315 e. The van der Waals surface area contributed by atoms with Crippen LogP contribution in [0.5, 0.6) is 0 Å². The van der Waals surface area contributed by atoms with Crippen molar-refractivity contribution in [2.75, 3.05) is 39.3 Å². The molecular formula is C19H24N4O. The number of fused-ring (bicyclic) bond motifs is 4. The maximum atomic E-state index is 12.1. The van der Waals surface area contributed by atoms with Crippen LogP contribution in [0, 0.1) is 0 Å². The summed E-state index contributed by atoms with van der Waals surface area (Å²) in [4.78, 5) is 17.1. The molecule has 3 fully saturated rings. The fraction of sp³-hybridized carbons (Fsp3) is 0.421. The lowest BCUT2D eigenvalue weighted by Crippen LogP contribution is -2.63. The fourth-order valence-corrected chi connectivity index (χ4v) is 3.81. The largest absolute Gasteiger partial charge is 0.337 e. The molecule has 126 valence electrons. The van der Waals surface area contributed by atoms with Gasteiger partial charge in [-0.05, 0) is 16.3 Å². The molecule has 0 aliphatic carbocycles. The second kappa shape index (κ2) is 6.79. The molecule has 24 heavy (non-hydrogen) atoms. The zero-order valence-electron chi connectivity index (χ0n) is 13.9. The number of piperazine rings is 3. The van der Waals surface area contributed by atoms with Crippen LogP contribution in [0.1, 0.15) is 5.56 Å². The van der Waals surface area contributed by atoms with Gasteiger partial charge in [0.05, 0.1) is 0 Å². The predicted octanol–water partition coefficient (Wildman–Crippen LogP) is 1.64. The van der Waals surface area contributed by atoms with Crippen molar-refractivity contribution in [2.45, 2.75) is 12.6 Å². The normalized spacial score (nSPS) is 25.6. The summed E-state index contributed by atoms with van der Waals surface area (Å²) < 4.78 is 0. The first-order valence-electron chi connectivity index (χ1n) is 8.74. The number of urea groups is 1. The molecule has 3 saturated heterocycles. The molecule has 3 aliphatic heterocycles. The lowest BCUT2D eigenvalue weighted by atomic mass is 10.0. The summed E-state index contributed by atoms with van der Waals surface area (Å²) in [5, 5.41) is 8.43. The number of nitrogens with zero attached hydrogens (tertiary/aromatic N) is 2. The van der Waals surface area contributed by atoms with Crippen LogP contribution in [0.25, 0.3) is 10.8 Å². The van der Waals surface area contributed by atoms with Crippen molar-refractivity contribution in [1.82, 2.24) is 20.4 Å². The van der Waals surface area contributed by atoms with E-state index in [4.69, 9.17) is 0 Å². The third kappa shape index (κ3) is 3.23. The van der Waals surface area contributed by atoms with Crippen molar-refractivity contribution in [1.29, 1.82) is 0 Å². The fourth-order valence-electron chi connectivity index (χ4n) is 3.81. The zero-order chi connectivity index (χ0) is 16.4. The Morgan fingerprint density at radius 1 is 1.00 bits per heavy atom. The molecule has 1 atom stereocenters. The van der Waals surface area contributed by atoms with E-state index in [1.165, 1.54) is 23.9 Å². The highest BCUT2D eigenvalue weighted by atomic mass is 16.2. The summed E-state index contributed by atoms with van der Waals surface area (Å²) in [6.07, 6.45) is 0. The molecule has 2 N–H and O–H groups in total. The van der Waals surface area contributed by atoms with Gasteiger partial charge in [0.2, 0.25) is 0 Å². The first kappa shape index (κ1) is 15.4. The van der Waals surface area contributed by atoms with E-state index in [0.29, 0.717) is 12.6 Å². The summed E-state index contributed by atoms with van der Waals surface area (Å²) >= 11 is 0. The van der Waals surface area contributed by atoms with Crippen LogP contribution < -0.4 is 10.6 Å². The van der Waals surface area contributed by atoms with Crippen molar-refractivity contribution in [3.8, 4) is 0 Å². The lowest BCUT2D eigenvalue weighted by molar-refractivity contribution is 0.0148. The molecule has 0 spiro atoms. The Balaban J connectivity index is 1.30. The van der Waals surface area contributed by atoms with Gasteiger partial charge in [-0.1, -0.05) is 42.5 Å². The van der Waals surface area contributed by atoms with Crippen LogP contribution in [0.2, 0.25) is 0 Å². The Labute approximate surface area is 142 Å². The zero-order valence-corrected chi connectivity index (χ0v) is 13.9. The van der Waals surface area contributed by atoms with Gasteiger partial charge in [0, 0.05) is 51.9 Å². The van der Waals surface area contributed by atoms with Gasteiger partial charge >= 0.3 is 6.03 Å². The summed E-state index contributed by atoms with van der Waals surface area (Å²) in [5.41, 5.74) is 1.15. The summed E-state index contributed by atoms with van der Waals surface area (Å²) in [5.74, 6) is 0. The van der Waals surface area contributed by atoms with Crippen molar-refractivity contribution >= 4 is 16.8 Å². The molecule has 2 aromatic carbocycles. The highest BCUT2D eigenvalue weighted by Crippen LogP contribution is 2.18. The SMILES string of the molecule is O=C(NCc1cccc2ccccc12)NCC1CN2CCN1CC2. The molecule has 0 aromatic heterocycles. The number of nitrogens with one attached hydrogen (secondary N) is 2. The van der Waals surface area contributed by atoms with E-state index in [1.807, 2.05) is 18.2 Å².